The molecule has 2 N–H and O–H groups in total. The summed E-state index contributed by atoms with van der Waals surface area (Å²) >= 11 is 0. The maximum Gasteiger partial charge on any atom is 0.234 e. The number of nitrogens with zero attached hydrogens (tertiary/aromatic N) is 1. The molecule has 1 atom stereocenters. The van der Waals surface area contributed by atoms with E-state index in [-0.39, 0.29) is 17.5 Å². The van der Waals surface area contributed by atoms with E-state index in [1.807, 2.05) is 14.1 Å². The Hall–Kier alpha value is -0.610. The molecule has 0 aromatic rings. The molecule has 0 aliphatic carbocycles. The van der Waals surface area contributed by atoms with Crippen molar-refractivity contribution in [3.05, 3.63) is 0 Å². The zero-order valence-electron chi connectivity index (χ0n) is 12.4. The number of nitrogens with one attached hydrogen (secondary N) is 2. The Morgan fingerprint density at radius 1 is 1.24 bits per heavy atom. The highest BCUT2D eigenvalue weighted by molar-refractivity contribution is 5.78. The van der Waals surface area contributed by atoms with Crippen LogP contribution in [-0.2, 0) is 4.79 Å². The first-order valence-corrected chi connectivity index (χ1v) is 6.31. The van der Waals surface area contributed by atoms with Gasteiger partial charge in [-0.3, -0.25) is 4.79 Å². The van der Waals surface area contributed by atoms with E-state index < -0.39 is 0 Å². The largest absolute Gasteiger partial charge is 0.351 e. The highest BCUT2D eigenvalue weighted by Crippen LogP contribution is 2.03. The third-order valence-electron chi connectivity index (χ3n) is 2.49. The molecule has 17 heavy (non-hydrogen) atoms. The molecule has 0 saturated carbocycles. The first-order valence-electron chi connectivity index (χ1n) is 6.31. The normalized spacial score (nSPS) is 14.2. The van der Waals surface area contributed by atoms with Gasteiger partial charge in [0.2, 0.25) is 5.91 Å². The third-order valence-corrected chi connectivity index (χ3v) is 2.49. The lowest BCUT2D eigenvalue weighted by Crippen LogP contribution is -2.50. The third kappa shape index (κ3) is 9.12. The summed E-state index contributed by atoms with van der Waals surface area (Å²) in [7, 11) is 4.05. The van der Waals surface area contributed by atoms with Gasteiger partial charge in [-0.25, -0.2) is 0 Å². The summed E-state index contributed by atoms with van der Waals surface area (Å²) in [5.74, 6) is 0.511. The molecule has 1 unspecified atom stereocenters. The predicted octanol–water partition coefficient (Wildman–Crippen LogP) is 1.08. The number of hydrogen-bond donors (Lipinski definition) is 2. The topological polar surface area (TPSA) is 44.4 Å². The Morgan fingerprint density at radius 2 is 1.76 bits per heavy atom. The molecule has 0 fully saturated rings. The van der Waals surface area contributed by atoms with Gasteiger partial charge in [0, 0.05) is 18.1 Å². The second-order valence-corrected chi connectivity index (χ2v) is 6.28. The summed E-state index contributed by atoms with van der Waals surface area (Å²) in [6.45, 7) is 11.7. The molecule has 102 valence electrons. The van der Waals surface area contributed by atoms with Crippen molar-refractivity contribution >= 4 is 5.91 Å². The van der Waals surface area contributed by atoms with Crippen molar-refractivity contribution in [1.82, 2.24) is 15.5 Å². The molecule has 0 saturated heterocycles. The van der Waals surface area contributed by atoms with Gasteiger partial charge in [0.05, 0.1) is 6.54 Å². The number of carbonyl (C=O) groups excluding carboxylic acids is 1. The first-order chi connectivity index (χ1) is 7.61. The molecular weight excluding hydrogens is 214 g/mol. The highest BCUT2D eigenvalue weighted by atomic mass is 16.2. The number of hydrogen-bond acceptors (Lipinski definition) is 3. The molecule has 4 nitrogen and oxygen atoms in total. The van der Waals surface area contributed by atoms with Crippen LogP contribution in [0.2, 0.25) is 0 Å². The number of rotatable bonds is 6. The van der Waals surface area contributed by atoms with Crippen molar-refractivity contribution in [2.75, 3.05) is 27.2 Å². The Kier molecular flexibility index (Phi) is 6.72. The van der Waals surface area contributed by atoms with Crippen LogP contribution < -0.4 is 10.6 Å². The highest BCUT2D eigenvalue weighted by Gasteiger charge is 2.18. The summed E-state index contributed by atoms with van der Waals surface area (Å²) in [6.07, 6.45) is 0. The zero-order chi connectivity index (χ0) is 13.6. The van der Waals surface area contributed by atoms with E-state index in [4.69, 9.17) is 0 Å². The summed E-state index contributed by atoms with van der Waals surface area (Å²) in [5.41, 5.74) is -0.0216. The first kappa shape index (κ1) is 16.4. The lowest BCUT2D eigenvalue weighted by molar-refractivity contribution is -0.121. The van der Waals surface area contributed by atoms with Crippen molar-refractivity contribution in [3.63, 3.8) is 0 Å². The quantitative estimate of drug-likeness (QED) is 0.733. The molecule has 0 aliphatic rings. The smallest absolute Gasteiger partial charge is 0.234 e. The van der Waals surface area contributed by atoms with Crippen molar-refractivity contribution < 1.29 is 4.79 Å². The summed E-state index contributed by atoms with van der Waals surface area (Å²) in [5, 5.41) is 6.27. The fourth-order valence-corrected chi connectivity index (χ4v) is 1.42. The fraction of sp³-hybridized carbons (Fsp3) is 0.923. The van der Waals surface area contributed by atoms with Crippen LogP contribution in [0, 0.1) is 5.92 Å². The second kappa shape index (κ2) is 6.97. The van der Waals surface area contributed by atoms with E-state index in [1.54, 1.807) is 0 Å². The van der Waals surface area contributed by atoms with E-state index >= 15 is 0 Å². The summed E-state index contributed by atoms with van der Waals surface area (Å²) in [6, 6.07) is 0.208. The van der Waals surface area contributed by atoms with Crippen LogP contribution in [0.1, 0.15) is 34.6 Å². The molecule has 0 bridgehead atoms. The lowest BCUT2D eigenvalue weighted by atomic mass is 10.0. The van der Waals surface area contributed by atoms with Crippen LogP contribution in [0.5, 0.6) is 0 Å². The van der Waals surface area contributed by atoms with Crippen LogP contribution >= 0.6 is 0 Å². The Morgan fingerprint density at radius 3 is 2.12 bits per heavy atom. The Labute approximate surface area is 106 Å². The van der Waals surface area contributed by atoms with Crippen LogP contribution in [-0.4, -0.2) is 49.6 Å². The van der Waals surface area contributed by atoms with Crippen molar-refractivity contribution in [2.24, 2.45) is 5.92 Å². The zero-order valence-corrected chi connectivity index (χ0v) is 12.4. The van der Waals surface area contributed by atoms with Gasteiger partial charge < -0.3 is 15.5 Å². The van der Waals surface area contributed by atoms with Crippen LogP contribution in [0.25, 0.3) is 0 Å². The van der Waals surface area contributed by atoms with E-state index in [2.05, 4.69) is 50.2 Å². The average Bonchev–Trinajstić information content (AvgIpc) is 2.11. The lowest BCUT2D eigenvalue weighted by Gasteiger charge is -2.27. The van der Waals surface area contributed by atoms with Crippen molar-refractivity contribution in [1.29, 1.82) is 0 Å². The molecule has 0 rings (SSSR count). The van der Waals surface area contributed by atoms with Gasteiger partial charge in [0.1, 0.15) is 0 Å². The fourth-order valence-electron chi connectivity index (χ4n) is 1.42. The van der Waals surface area contributed by atoms with E-state index in [0.717, 1.165) is 6.54 Å². The number of likely N-dealkylation sites (N-methyl/N-ethyl adjacent to an activating group) is 1. The molecule has 0 heterocycles. The van der Waals surface area contributed by atoms with Gasteiger partial charge in [-0.15, -0.1) is 0 Å². The van der Waals surface area contributed by atoms with Gasteiger partial charge in [-0.1, -0.05) is 13.8 Å². The summed E-state index contributed by atoms with van der Waals surface area (Å²) < 4.78 is 0. The molecule has 0 aromatic heterocycles. The maximum atomic E-state index is 11.8. The maximum absolute atomic E-state index is 11.8. The van der Waals surface area contributed by atoms with Crippen molar-refractivity contribution in [2.45, 2.75) is 46.2 Å². The molecule has 1 amide bonds. The van der Waals surface area contributed by atoms with Gasteiger partial charge in [-0.05, 0) is 40.8 Å². The average molecular weight is 243 g/mol. The molecular formula is C13H29N3O. The standard InChI is InChI=1S/C13H29N3O/c1-10(2)11(9-16(6)7)15-12(17)8-14-13(3,4)5/h10-11,14H,8-9H2,1-7H3,(H,15,17). The Bertz CT molecular complexity index is 231. The molecule has 0 aliphatic heterocycles. The van der Waals surface area contributed by atoms with Gasteiger partial charge in [0.25, 0.3) is 0 Å². The van der Waals surface area contributed by atoms with E-state index in [1.165, 1.54) is 0 Å². The van der Waals surface area contributed by atoms with Crippen LogP contribution in [0.3, 0.4) is 0 Å². The van der Waals surface area contributed by atoms with Crippen LogP contribution in [0.4, 0.5) is 0 Å². The molecule has 0 radical (unpaired) electrons. The number of carbonyl (C=O) groups is 1. The SMILES string of the molecule is CC(C)C(CN(C)C)NC(=O)CNC(C)(C)C. The molecule has 0 spiro atoms. The van der Waals surface area contributed by atoms with E-state index in [9.17, 15) is 4.79 Å². The minimum absolute atomic E-state index is 0.0216. The monoisotopic (exact) mass is 243 g/mol. The molecule has 4 heteroatoms. The van der Waals surface area contributed by atoms with Crippen molar-refractivity contribution in [3.8, 4) is 0 Å². The minimum atomic E-state index is -0.0216. The second-order valence-electron chi connectivity index (χ2n) is 6.28. The predicted molar refractivity (Wildman–Crippen MR) is 73.1 cm³/mol. The number of amides is 1. The minimum Gasteiger partial charge on any atom is -0.351 e. The van der Waals surface area contributed by atoms with Gasteiger partial charge in [-0.2, -0.15) is 0 Å². The van der Waals surface area contributed by atoms with E-state index in [0.29, 0.717) is 12.5 Å². The summed E-state index contributed by atoms with van der Waals surface area (Å²) in [4.78, 5) is 13.9. The van der Waals surface area contributed by atoms with Gasteiger partial charge >= 0.3 is 0 Å². The molecule has 0 aromatic carbocycles. The van der Waals surface area contributed by atoms with Crippen LogP contribution in [0.15, 0.2) is 0 Å². The van der Waals surface area contributed by atoms with Gasteiger partial charge in [0.15, 0.2) is 0 Å². The Balaban J connectivity index is 4.13.